The maximum absolute atomic E-state index is 12.7. The van der Waals surface area contributed by atoms with Crippen LogP contribution in [-0.4, -0.2) is 30.3 Å². The summed E-state index contributed by atoms with van der Waals surface area (Å²) in [5, 5.41) is 2.14. The molecule has 0 saturated carbocycles. The van der Waals surface area contributed by atoms with Gasteiger partial charge >= 0.3 is 0 Å². The van der Waals surface area contributed by atoms with Crippen molar-refractivity contribution in [2.45, 2.75) is 39.0 Å². The van der Waals surface area contributed by atoms with Gasteiger partial charge in [0.2, 0.25) is 0 Å². The number of benzene rings is 1. The van der Waals surface area contributed by atoms with Crippen molar-refractivity contribution in [1.82, 2.24) is 4.90 Å². The van der Waals surface area contributed by atoms with Crippen molar-refractivity contribution in [3.8, 4) is 0 Å². The first kappa shape index (κ1) is 16.7. The Morgan fingerprint density at radius 3 is 2.56 bits per heavy atom. The average Bonchev–Trinajstić information content (AvgIpc) is 3.05. The van der Waals surface area contributed by atoms with E-state index in [4.69, 9.17) is 0 Å². The molecule has 1 aromatic carbocycles. The predicted octanol–water partition coefficient (Wildman–Crippen LogP) is 5.18. The van der Waals surface area contributed by atoms with E-state index in [0.717, 1.165) is 37.1 Å². The molecule has 2 aromatic rings. The summed E-state index contributed by atoms with van der Waals surface area (Å²) in [5.74, 6) is 0.260. The Morgan fingerprint density at radius 2 is 1.80 bits per heavy atom. The normalized spacial score (nSPS) is 18.0. The van der Waals surface area contributed by atoms with Crippen LogP contribution in [-0.2, 0) is 6.42 Å². The van der Waals surface area contributed by atoms with E-state index >= 15 is 0 Å². The molecule has 1 fully saturated rings. The smallest absolute Gasteiger partial charge is 0.168 e. The highest BCUT2D eigenvalue weighted by Gasteiger charge is 2.27. The van der Waals surface area contributed by atoms with Crippen LogP contribution < -0.4 is 0 Å². The average molecular weight is 352 g/mol. The summed E-state index contributed by atoms with van der Waals surface area (Å²) in [6, 6.07) is 10.4. The van der Waals surface area contributed by atoms with Crippen LogP contribution in [0.3, 0.4) is 0 Å². The molecule has 0 atom stereocenters. The third-order valence-corrected chi connectivity index (χ3v) is 6.39. The lowest BCUT2D eigenvalue weighted by molar-refractivity contribution is 0.0994. The Morgan fingerprint density at radius 1 is 1.04 bits per heavy atom. The van der Waals surface area contributed by atoms with Gasteiger partial charge in [-0.3, -0.25) is 4.79 Å². The predicted molar refractivity (Wildman–Crippen MR) is 105 cm³/mol. The Hall–Kier alpha value is -1.71. The van der Waals surface area contributed by atoms with Gasteiger partial charge in [0.1, 0.15) is 0 Å². The Bertz CT molecular complexity index is 807. The van der Waals surface area contributed by atoms with Crippen molar-refractivity contribution < 1.29 is 4.79 Å². The van der Waals surface area contributed by atoms with Gasteiger partial charge in [-0.25, -0.2) is 0 Å². The summed E-state index contributed by atoms with van der Waals surface area (Å²) in [4.78, 5) is 16.6. The van der Waals surface area contributed by atoms with Crippen LogP contribution in [0.2, 0.25) is 0 Å². The highest BCUT2D eigenvalue weighted by atomic mass is 32.1. The van der Waals surface area contributed by atoms with Gasteiger partial charge in [0.25, 0.3) is 0 Å². The van der Waals surface area contributed by atoms with Crippen LogP contribution in [0.4, 0.5) is 0 Å². The number of hydrogen-bond donors (Lipinski definition) is 0. The minimum absolute atomic E-state index is 0.260. The van der Waals surface area contributed by atoms with Crippen molar-refractivity contribution in [2.24, 2.45) is 0 Å². The van der Waals surface area contributed by atoms with Gasteiger partial charge in [0.15, 0.2) is 5.78 Å². The van der Waals surface area contributed by atoms with Crippen LogP contribution in [0, 0.1) is 0 Å². The monoisotopic (exact) mass is 351 g/mol. The Kier molecular flexibility index (Phi) is 4.87. The number of likely N-dealkylation sites (tertiary alicyclic amines) is 1. The summed E-state index contributed by atoms with van der Waals surface area (Å²) in [6.07, 6.45) is 5.34. The summed E-state index contributed by atoms with van der Waals surface area (Å²) in [6.45, 7) is 5.77. The highest BCUT2D eigenvalue weighted by Crippen LogP contribution is 2.40. The van der Waals surface area contributed by atoms with E-state index in [1.54, 1.807) is 11.3 Å². The summed E-state index contributed by atoms with van der Waals surface area (Å²) < 4.78 is 0. The summed E-state index contributed by atoms with van der Waals surface area (Å²) in [7, 11) is 0. The minimum Gasteiger partial charge on any atom is -0.303 e. The number of ketones is 1. The molecule has 2 aliphatic rings. The van der Waals surface area contributed by atoms with E-state index in [9.17, 15) is 4.79 Å². The number of Topliss-reactive ketones (excluding diaryl/α,β-unsaturated/α-hetero) is 1. The lowest BCUT2D eigenvalue weighted by Gasteiger charge is -2.30. The zero-order valence-electron chi connectivity index (χ0n) is 14.9. The van der Waals surface area contributed by atoms with Crippen LogP contribution in [0.5, 0.6) is 0 Å². The largest absolute Gasteiger partial charge is 0.303 e. The fourth-order valence-corrected chi connectivity index (χ4v) is 4.97. The second-order valence-electron chi connectivity index (χ2n) is 7.08. The first-order chi connectivity index (χ1) is 12.3. The third kappa shape index (κ3) is 3.23. The molecule has 2 heterocycles. The number of fused-ring (bicyclic) bond motifs is 2. The fraction of sp³-hybridized carbons (Fsp3) is 0.409. The number of carbonyl (C=O) groups is 1. The van der Waals surface area contributed by atoms with E-state index in [0.29, 0.717) is 6.42 Å². The van der Waals surface area contributed by atoms with Crippen molar-refractivity contribution in [1.29, 1.82) is 0 Å². The number of thiophene rings is 1. The molecule has 4 rings (SSSR count). The van der Waals surface area contributed by atoms with Crippen LogP contribution in [0.1, 0.15) is 59.0 Å². The van der Waals surface area contributed by atoms with Crippen molar-refractivity contribution in [3.63, 3.8) is 0 Å². The molecule has 2 nitrogen and oxygen atoms in total. The molecule has 1 saturated heterocycles. The molecule has 0 radical (unpaired) electrons. The molecule has 0 amide bonds. The van der Waals surface area contributed by atoms with Gasteiger partial charge < -0.3 is 4.90 Å². The number of unbranched alkanes of at least 4 members (excludes halogenated alkanes) is 1. The molecule has 0 spiro atoms. The van der Waals surface area contributed by atoms with Gasteiger partial charge in [-0.1, -0.05) is 43.2 Å². The molecule has 3 heteroatoms. The van der Waals surface area contributed by atoms with E-state index < -0.39 is 0 Å². The zero-order valence-corrected chi connectivity index (χ0v) is 15.7. The molecular formula is C22H25NOS. The van der Waals surface area contributed by atoms with Crippen LogP contribution in [0.15, 0.2) is 41.3 Å². The molecule has 0 unspecified atom stereocenters. The number of rotatable bonds is 3. The second kappa shape index (κ2) is 7.27. The first-order valence-electron chi connectivity index (χ1n) is 9.41. The molecule has 130 valence electrons. The van der Waals surface area contributed by atoms with Crippen molar-refractivity contribution in [3.05, 3.63) is 62.9 Å². The Labute approximate surface area is 154 Å². The minimum atomic E-state index is 0.260. The lowest BCUT2D eigenvalue weighted by atomic mass is 9.87. The van der Waals surface area contributed by atoms with Gasteiger partial charge in [0, 0.05) is 30.0 Å². The van der Waals surface area contributed by atoms with Crippen LogP contribution >= 0.6 is 11.3 Å². The Balaban J connectivity index is 1.75. The van der Waals surface area contributed by atoms with E-state index in [1.165, 1.54) is 41.0 Å². The number of carbonyl (C=O) groups excluding carboxylic acids is 1. The van der Waals surface area contributed by atoms with Gasteiger partial charge in [-0.05, 0) is 54.0 Å². The third-order valence-electron chi connectivity index (χ3n) is 5.47. The van der Waals surface area contributed by atoms with E-state index in [1.807, 2.05) is 12.1 Å². The van der Waals surface area contributed by atoms with Crippen molar-refractivity contribution in [2.75, 3.05) is 19.6 Å². The maximum Gasteiger partial charge on any atom is 0.168 e. The van der Waals surface area contributed by atoms with Gasteiger partial charge in [-0.15, -0.1) is 11.3 Å². The maximum atomic E-state index is 12.7. The molecule has 25 heavy (non-hydrogen) atoms. The summed E-state index contributed by atoms with van der Waals surface area (Å²) in [5.41, 5.74) is 6.26. The van der Waals surface area contributed by atoms with Crippen molar-refractivity contribution >= 4 is 22.7 Å². The standard InChI is InChI=1S/C22H25NOS/c1-2-3-11-23-12-8-16(9-13-23)22-18-7-5-4-6-17(18)20(24)15-21-19(22)10-14-25-21/h4-7,10,14H,2-3,8-9,11-13,15H2,1H3. The van der Waals surface area contributed by atoms with Gasteiger partial charge in [-0.2, -0.15) is 0 Å². The molecule has 1 aliphatic carbocycles. The van der Waals surface area contributed by atoms with E-state index in [-0.39, 0.29) is 5.78 Å². The highest BCUT2D eigenvalue weighted by molar-refractivity contribution is 7.10. The second-order valence-corrected chi connectivity index (χ2v) is 8.08. The van der Waals surface area contributed by atoms with Crippen LogP contribution in [0.25, 0.3) is 5.57 Å². The van der Waals surface area contributed by atoms with Gasteiger partial charge in [0.05, 0.1) is 0 Å². The SMILES string of the molecule is CCCCN1CCC(=C2c3ccccc3C(=O)Cc3sccc32)CC1. The molecule has 1 aliphatic heterocycles. The summed E-state index contributed by atoms with van der Waals surface area (Å²) >= 11 is 1.73. The lowest BCUT2D eigenvalue weighted by Crippen LogP contribution is -2.31. The molecule has 0 bridgehead atoms. The fourth-order valence-electron chi connectivity index (χ4n) is 4.09. The molecule has 1 aromatic heterocycles. The quantitative estimate of drug-likeness (QED) is 0.759. The topological polar surface area (TPSA) is 20.3 Å². The first-order valence-corrected chi connectivity index (χ1v) is 10.3. The number of hydrogen-bond acceptors (Lipinski definition) is 3. The zero-order chi connectivity index (χ0) is 17.2. The number of nitrogens with zero attached hydrogens (tertiary/aromatic N) is 1. The van der Waals surface area contributed by atoms with E-state index in [2.05, 4.69) is 35.4 Å². The number of piperidine rings is 1. The molecule has 0 N–H and O–H groups in total. The molecular weight excluding hydrogens is 326 g/mol.